The number of carboxylic acids is 1. The van der Waals surface area contributed by atoms with E-state index >= 15 is 0 Å². The van der Waals surface area contributed by atoms with Gasteiger partial charge >= 0.3 is 5.97 Å². The summed E-state index contributed by atoms with van der Waals surface area (Å²) in [6, 6.07) is 17.3. The van der Waals surface area contributed by atoms with E-state index in [4.69, 9.17) is 16.3 Å². The van der Waals surface area contributed by atoms with Crippen molar-refractivity contribution >= 4 is 41.3 Å². The van der Waals surface area contributed by atoms with E-state index in [9.17, 15) is 20.0 Å². The summed E-state index contributed by atoms with van der Waals surface area (Å²) < 4.78 is 5.42. The van der Waals surface area contributed by atoms with E-state index in [0.29, 0.717) is 52.7 Å². The van der Waals surface area contributed by atoms with Crippen LogP contribution in [0, 0.1) is 31.1 Å². The summed E-state index contributed by atoms with van der Waals surface area (Å²) in [7, 11) is 0. The average molecular weight is 691 g/mol. The van der Waals surface area contributed by atoms with Crippen LogP contribution in [0.25, 0.3) is 23.3 Å². The van der Waals surface area contributed by atoms with Gasteiger partial charge in [-0.2, -0.15) is 5.26 Å². The van der Waals surface area contributed by atoms with Crippen LogP contribution in [0.5, 0.6) is 0 Å². The van der Waals surface area contributed by atoms with Crippen LogP contribution in [0.3, 0.4) is 0 Å². The highest BCUT2D eigenvalue weighted by Gasteiger charge is 2.28. The third-order valence-corrected chi connectivity index (χ3v) is 9.75. The number of hydrogen-bond donors (Lipinski definition) is 2. The van der Waals surface area contributed by atoms with E-state index in [2.05, 4.69) is 31.2 Å². The number of halogens is 1. The zero-order valence-electron chi connectivity index (χ0n) is 28.2. The van der Waals surface area contributed by atoms with E-state index < -0.39 is 5.97 Å². The lowest BCUT2D eigenvalue weighted by Gasteiger charge is -2.26. The van der Waals surface area contributed by atoms with Gasteiger partial charge in [0.05, 0.1) is 30.4 Å². The average Bonchev–Trinajstić information content (AvgIpc) is 3.59. The molecule has 0 aliphatic carbocycles. The van der Waals surface area contributed by atoms with Gasteiger partial charge in [0.2, 0.25) is 0 Å². The van der Waals surface area contributed by atoms with Crippen LogP contribution >= 0.6 is 11.6 Å². The highest BCUT2D eigenvalue weighted by Crippen LogP contribution is 2.33. The molecule has 11 heteroatoms. The molecule has 0 radical (unpaired) electrons. The number of anilines is 1. The zero-order chi connectivity index (χ0) is 35.2. The quantitative estimate of drug-likeness (QED) is 0.193. The number of pyridine rings is 2. The van der Waals surface area contributed by atoms with Crippen molar-refractivity contribution in [1.82, 2.24) is 19.8 Å². The summed E-state index contributed by atoms with van der Waals surface area (Å²) in [6.45, 7) is 9.80. The summed E-state index contributed by atoms with van der Waals surface area (Å²) in [4.78, 5) is 37.9. The van der Waals surface area contributed by atoms with Crippen LogP contribution in [0.4, 0.5) is 5.69 Å². The second-order valence-corrected chi connectivity index (χ2v) is 13.2. The van der Waals surface area contributed by atoms with Gasteiger partial charge in [0, 0.05) is 61.4 Å². The number of nitrogens with zero attached hydrogens (tertiary/aromatic N) is 5. The Morgan fingerprint density at radius 1 is 1.04 bits per heavy atom. The fourth-order valence-corrected chi connectivity index (χ4v) is 6.75. The van der Waals surface area contributed by atoms with Crippen molar-refractivity contribution in [2.75, 3.05) is 44.7 Å². The first-order chi connectivity index (χ1) is 24.2. The lowest BCUT2D eigenvalue weighted by atomic mass is 9.94. The number of morpholine rings is 1. The fourth-order valence-electron chi connectivity index (χ4n) is 6.50. The summed E-state index contributed by atoms with van der Waals surface area (Å²) >= 11 is 6.71. The monoisotopic (exact) mass is 690 g/mol. The van der Waals surface area contributed by atoms with E-state index in [1.807, 2.05) is 56.3 Å². The fraction of sp³-hybridized carbons (Fsp3) is 0.308. The molecule has 0 bridgehead atoms. The van der Waals surface area contributed by atoms with Gasteiger partial charge in [-0.1, -0.05) is 41.9 Å². The molecule has 2 saturated heterocycles. The molecule has 2 N–H and O–H groups in total. The number of amides is 1. The smallest absolute Gasteiger partial charge is 0.307 e. The molecule has 0 spiro atoms. The Labute approximate surface area is 297 Å². The van der Waals surface area contributed by atoms with E-state index in [0.717, 1.165) is 72.8 Å². The number of carbonyl (C=O) groups excluding carboxylic acids is 1. The summed E-state index contributed by atoms with van der Waals surface area (Å²) in [5.74, 6) is -1.39. The lowest BCUT2D eigenvalue weighted by Crippen LogP contribution is -2.35. The summed E-state index contributed by atoms with van der Waals surface area (Å²) in [5.41, 5.74) is 8.07. The van der Waals surface area contributed by atoms with Gasteiger partial charge in [-0.25, -0.2) is 0 Å². The third-order valence-electron chi connectivity index (χ3n) is 9.42. The van der Waals surface area contributed by atoms with Crippen LogP contribution in [-0.4, -0.2) is 76.1 Å². The molecule has 2 fully saturated rings. The topological polar surface area (TPSA) is 132 Å². The first-order valence-electron chi connectivity index (χ1n) is 16.7. The van der Waals surface area contributed by atoms with Gasteiger partial charge < -0.3 is 15.2 Å². The third kappa shape index (κ3) is 8.09. The van der Waals surface area contributed by atoms with Crippen LogP contribution in [-0.2, 0) is 22.6 Å². The molecule has 1 amide bonds. The lowest BCUT2D eigenvalue weighted by molar-refractivity contribution is -0.141. The van der Waals surface area contributed by atoms with Crippen molar-refractivity contribution in [3.63, 3.8) is 0 Å². The first kappa shape index (κ1) is 34.9. The number of aryl methyl sites for hydroxylation is 1. The normalized spacial score (nSPS) is 16.8. The second kappa shape index (κ2) is 15.7. The number of hydrogen-bond acceptors (Lipinski definition) is 8. The van der Waals surface area contributed by atoms with Gasteiger partial charge in [-0.15, -0.1) is 0 Å². The molecule has 1 atom stereocenters. The molecule has 10 nitrogen and oxygen atoms in total. The van der Waals surface area contributed by atoms with Crippen molar-refractivity contribution in [3.8, 4) is 17.2 Å². The minimum Gasteiger partial charge on any atom is -0.481 e. The zero-order valence-corrected chi connectivity index (χ0v) is 28.9. The van der Waals surface area contributed by atoms with Crippen LogP contribution in [0.15, 0.2) is 60.9 Å². The number of rotatable bonds is 10. The molecule has 1 unspecified atom stereocenters. The van der Waals surface area contributed by atoms with E-state index in [1.165, 1.54) is 0 Å². The molecule has 6 rings (SSSR count). The first-order valence-corrected chi connectivity index (χ1v) is 17.1. The predicted molar refractivity (Wildman–Crippen MR) is 194 cm³/mol. The maximum atomic E-state index is 13.2. The van der Waals surface area contributed by atoms with Crippen molar-refractivity contribution < 1.29 is 19.4 Å². The van der Waals surface area contributed by atoms with Crippen molar-refractivity contribution in [2.24, 2.45) is 5.92 Å². The molecule has 4 heterocycles. The molecular formula is C39H39ClN6O4. The largest absolute Gasteiger partial charge is 0.481 e. The number of benzene rings is 2. The van der Waals surface area contributed by atoms with Crippen molar-refractivity contribution in [2.45, 2.75) is 33.4 Å². The molecule has 2 aromatic carbocycles. The number of likely N-dealkylation sites (tertiary alicyclic amines) is 1. The number of carbonyl (C=O) groups is 2. The number of aromatic nitrogens is 2. The molecule has 2 aliphatic heterocycles. The SMILES string of the molecule is Cc1cc(/C=C/c2nccc(-c3cccc(NC(=O)c4ccc(CN5CCOCC5)cn4)c3C)c2C#N)c(Cl)cc1CN1CCC(C(=O)O)C1. The Balaban J connectivity index is 1.17. The second-order valence-electron chi connectivity index (χ2n) is 12.8. The predicted octanol–water partition coefficient (Wildman–Crippen LogP) is 6.45. The van der Waals surface area contributed by atoms with Crippen LogP contribution < -0.4 is 5.32 Å². The molecule has 4 aromatic rings. The molecule has 50 heavy (non-hydrogen) atoms. The highest BCUT2D eigenvalue weighted by atomic mass is 35.5. The van der Waals surface area contributed by atoms with Gasteiger partial charge in [-0.3, -0.25) is 29.4 Å². The van der Waals surface area contributed by atoms with Gasteiger partial charge in [0.1, 0.15) is 11.8 Å². The minimum absolute atomic E-state index is 0.315. The highest BCUT2D eigenvalue weighted by molar-refractivity contribution is 6.32. The maximum absolute atomic E-state index is 13.2. The van der Waals surface area contributed by atoms with E-state index in [-0.39, 0.29) is 11.8 Å². The van der Waals surface area contributed by atoms with Crippen molar-refractivity contribution in [3.05, 3.63) is 111 Å². The van der Waals surface area contributed by atoms with Gasteiger partial charge in [0.15, 0.2) is 0 Å². The summed E-state index contributed by atoms with van der Waals surface area (Å²) in [5, 5.41) is 23.2. The Morgan fingerprint density at radius 2 is 1.86 bits per heavy atom. The molecular weight excluding hydrogens is 652 g/mol. The Bertz CT molecular complexity index is 1970. The Kier molecular flexibility index (Phi) is 11.0. The number of carboxylic acid groups (broad SMARTS) is 1. The van der Waals surface area contributed by atoms with Crippen LogP contribution in [0.2, 0.25) is 5.02 Å². The standard InChI is InChI=1S/C39H39ClN6O4/c1-25-18-28(34(40)19-30(25)24-46-13-11-29(23-46)39(48)49)7-9-36-33(20-41)32(10-12-42-36)31-4-3-5-35(26(31)2)44-38(47)37-8-6-27(21-43-37)22-45-14-16-50-17-15-45/h3-10,12,18-19,21,29H,11,13-17,22-24H2,1-2H3,(H,44,47)(H,48,49)/b9-7+. The molecule has 0 saturated carbocycles. The number of nitrogens with one attached hydrogen (secondary N) is 1. The van der Waals surface area contributed by atoms with E-state index in [1.54, 1.807) is 30.6 Å². The van der Waals surface area contributed by atoms with Crippen LogP contribution in [0.1, 0.15) is 56.0 Å². The van der Waals surface area contributed by atoms with Crippen molar-refractivity contribution in [1.29, 1.82) is 5.26 Å². The number of nitriles is 1. The van der Waals surface area contributed by atoms with Gasteiger partial charge in [0.25, 0.3) is 5.91 Å². The maximum Gasteiger partial charge on any atom is 0.307 e. The number of ether oxygens (including phenoxy) is 1. The Morgan fingerprint density at radius 3 is 2.58 bits per heavy atom. The summed E-state index contributed by atoms with van der Waals surface area (Å²) in [6.07, 6.45) is 7.70. The molecule has 2 aliphatic rings. The Hall–Kier alpha value is -4.92. The van der Waals surface area contributed by atoms with Gasteiger partial charge in [-0.05, 0) is 90.5 Å². The molecule has 256 valence electrons. The molecule has 2 aromatic heterocycles. The minimum atomic E-state index is -0.749. The number of aliphatic carboxylic acids is 1.